The van der Waals surface area contributed by atoms with Gasteiger partial charge in [-0.25, -0.2) is 0 Å². The molecule has 0 aliphatic heterocycles. The Kier molecular flexibility index (Phi) is 6.66. The van der Waals surface area contributed by atoms with Gasteiger partial charge in [0.2, 0.25) is 5.91 Å². The first-order valence-corrected chi connectivity index (χ1v) is 9.12. The van der Waals surface area contributed by atoms with E-state index in [0.29, 0.717) is 19.6 Å². The molecule has 1 heterocycles. The van der Waals surface area contributed by atoms with Crippen LogP contribution in [0.15, 0.2) is 39.7 Å². The fourth-order valence-corrected chi connectivity index (χ4v) is 2.64. The molecule has 1 aromatic carbocycles. The first-order valence-electron chi connectivity index (χ1n) is 9.12. The number of hydrogen-bond donors (Lipinski definition) is 2. The second kappa shape index (κ2) is 8.74. The van der Waals surface area contributed by atoms with E-state index < -0.39 is 5.41 Å². The van der Waals surface area contributed by atoms with E-state index in [1.807, 2.05) is 70.0 Å². The van der Waals surface area contributed by atoms with Crippen LogP contribution < -0.4 is 10.6 Å². The molecule has 0 spiro atoms. The van der Waals surface area contributed by atoms with Crippen molar-refractivity contribution in [2.75, 3.05) is 26.7 Å². The topological polar surface area (TPSA) is 69.9 Å². The SMILES string of the molecule is CCNC(=O)C(C)(C)CN=C(NCC)N(C)Cc1cc2ccccc2o1. The van der Waals surface area contributed by atoms with Gasteiger partial charge in [0.25, 0.3) is 0 Å². The molecule has 2 N–H and O–H groups in total. The third-order valence-electron chi connectivity index (χ3n) is 4.14. The number of fused-ring (bicyclic) bond motifs is 1. The lowest BCUT2D eigenvalue weighted by atomic mass is 9.92. The van der Waals surface area contributed by atoms with Gasteiger partial charge in [0.1, 0.15) is 11.3 Å². The van der Waals surface area contributed by atoms with Crippen molar-refractivity contribution in [3.05, 3.63) is 36.1 Å². The summed E-state index contributed by atoms with van der Waals surface area (Å²) in [6, 6.07) is 10.0. The Labute approximate surface area is 155 Å². The average Bonchev–Trinajstić information content (AvgIpc) is 3.00. The fourth-order valence-electron chi connectivity index (χ4n) is 2.64. The molecule has 0 bridgehead atoms. The number of nitrogens with zero attached hydrogens (tertiary/aromatic N) is 2. The molecule has 0 fully saturated rings. The summed E-state index contributed by atoms with van der Waals surface area (Å²) in [5.41, 5.74) is 0.326. The Morgan fingerprint density at radius 3 is 2.54 bits per heavy atom. The largest absolute Gasteiger partial charge is 0.459 e. The molecule has 6 nitrogen and oxygen atoms in total. The van der Waals surface area contributed by atoms with Crippen molar-refractivity contribution in [1.82, 2.24) is 15.5 Å². The van der Waals surface area contributed by atoms with Crippen molar-refractivity contribution in [1.29, 1.82) is 0 Å². The van der Waals surface area contributed by atoms with Gasteiger partial charge in [-0.15, -0.1) is 0 Å². The molecule has 2 rings (SSSR count). The molecule has 0 saturated heterocycles. The van der Waals surface area contributed by atoms with Gasteiger partial charge in [-0.05, 0) is 39.8 Å². The maximum Gasteiger partial charge on any atom is 0.227 e. The summed E-state index contributed by atoms with van der Waals surface area (Å²) in [5, 5.41) is 7.24. The third-order valence-corrected chi connectivity index (χ3v) is 4.14. The molecule has 1 amide bonds. The van der Waals surface area contributed by atoms with Crippen LogP contribution in [-0.2, 0) is 11.3 Å². The van der Waals surface area contributed by atoms with E-state index in [9.17, 15) is 4.79 Å². The van der Waals surface area contributed by atoms with E-state index in [1.54, 1.807) is 0 Å². The van der Waals surface area contributed by atoms with Crippen LogP contribution in [0.5, 0.6) is 0 Å². The summed E-state index contributed by atoms with van der Waals surface area (Å²) >= 11 is 0. The molecular weight excluding hydrogens is 328 g/mol. The zero-order chi connectivity index (χ0) is 19.2. The number of benzene rings is 1. The number of guanidine groups is 1. The Hall–Kier alpha value is -2.50. The maximum atomic E-state index is 12.2. The number of carbonyl (C=O) groups is 1. The minimum Gasteiger partial charge on any atom is -0.459 e. The van der Waals surface area contributed by atoms with Gasteiger partial charge in [0.15, 0.2) is 5.96 Å². The number of hydrogen-bond acceptors (Lipinski definition) is 3. The summed E-state index contributed by atoms with van der Waals surface area (Å²) in [4.78, 5) is 18.8. The van der Waals surface area contributed by atoms with Crippen molar-refractivity contribution in [2.24, 2.45) is 10.4 Å². The minimum absolute atomic E-state index is 0.0135. The molecular formula is C20H30N4O2. The van der Waals surface area contributed by atoms with E-state index in [2.05, 4.69) is 15.6 Å². The maximum absolute atomic E-state index is 12.2. The highest BCUT2D eigenvalue weighted by Gasteiger charge is 2.27. The highest BCUT2D eigenvalue weighted by Crippen LogP contribution is 2.20. The number of para-hydroxylation sites is 1. The predicted octanol–water partition coefficient (Wildman–Crippen LogP) is 2.99. The molecule has 0 radical (unpaired) electrons. The van der Waals surface area contributed by atoms with Crippen LogP contribution in [0.1, 0.15) is 33.5 Å². The third kappa shape index (κ3) is 5.00. The number of furan rings is 1. The molecule has 0 atom stereocenters. The highest BCUT2D eigenvalue weighted by atomic mass is 16.3. The fraction of sp³-hybridized carbons (Fsp3) is 0.500. The lowest BCUT2D eigenvalue weighted by Gasteiger charge is -2.25. The first-order chi connectivity index (χ1) is 12.4. The van der Waals surface area contributed by atoms with Gasteiger partial charge >= 0.3 is 0 Å². The number of nitrogens with one attached hydrogen (secondary N) is 2. The highest BCUT2D eigenvalue weighted by molar-refractivity contribution is 5.84. The smallest absolute Gasteiger partial charge is 0.227 e. The second-order valence-corrected chi connectivity index (χ2v) is 7.02. The van der Waals surface area contributed by atoms with Crippen molar-refractivity contribution in [3.8, 4) is 0 Å². The zero-order valence-corrected chi connectivity index (χ0v) is 16.4. The van der Waals surface area contributed by atoms with E-state index in [4.69, 9.17) is 4.42 Å². The number of amides is 1. The van der Waals surface area contributed by atoms with Gasteiger partial charge in [-0.3, -0.25) is 9.79 Å². The van der Waals surface area contributed by atoms with Crippen molar-refractivity contribution in [2.45, 2.75) is 34.2 Å². The van der Waals surface area contributed by atoms with Crippen LogP contribution in [0, 0.1) is 5.41 Å². The Bertz CT molecular complexity index is 731. The summed E-state index contributed by atoms with van der Waals surface area (Å²) < 4.78 is 5.89. The van der Waals surface area contributed by atoms with Crippen molar-refractivity contribution in [3.63, 3.8) is 0 Å². The van der Waals surface area contributed by atoms with Crippen LogP contribution in [0.25, 0.3) is 11.0 Å². The molecule has 0 unspecified atom stereocenters. The van der Waals surface area contributed by atoms with E-state index in [1.165, 1.54) is 0 Å². The second-order valence-electron chi connectivity index (χ2n) is 7.02. The number of carbonyl (C=O) groups excluding carboxylic acids is 1. The zero-order valence-electron chi connectivity index (χ0n) is 16.4. The van der Waals surface area contributed by atoms with Gasteiger partial charge in [0.05, 0.1) is 18.5 Å². The predicted molar refractivity (Wildman–Crippen MR) is 106 cm³/mol. The first kappa shape index (κ1) is 19.8. The van der Waals surface area contributed by atoms with E-state index in [0.717, 1.165) is 29.2 Å². The summed E-state index contributed by atoms with van der Waals surface area (Å²) in [6.07, 6.45) is 0. The summed E-state index contributed by atoms with van der Waals surface area (Å²) in [6.45, 7) is 10.1. The van der Waals surface area contributed by atoms with Crippen LogP contribution in [0.3, 0.4) is 0 Å². The van der Waals surface area contributed by atoms with Crippen LogP contribution >= 0.6 is 0 Å². The minimum atomic E-state index is -0.559. The molecule has 2 aromatic rings. The summed E-state index contributed by atoms with van der Waals surface area (Å²) in [7, 11) is 1.97. The quantitative estimate of drug-likeness (QED) is 0.590. The van der Waals surface area contributed by atoms with Gasteiger partial charge in [0, 0.05) is 25.5 Å². The molecule has 0 aliphatic rings. The molecule has 26 heavy (non-hydrogen) atoms. The monoisotopic (exact) mass is 358 g/mol. The van der Waals surface area contributed by atoms with E-state index >= 15 is 0 Å². The van der Waals surface area contributed by atoms with Crippen LogP contribution in [0.4, 0.5) is 0 Å². The Balaban J connectivity index is 2.10. The average molecular weight is 358 g/mol. The standard InChI is InChI=1S/C20H30N4O2/c1-6-21-18(25)20(3,4)14-23-19(22-7-2)24(5)13-16-12-15-10-8-9-11-17(15)26-16/h8-12H,6-7,13-14H2,1-5H3,(H,21,25)(H,22,23). The van der Waals surface area contributed by atoms with Gasteiger partial charge in [-0.2, -0.15) is 0 Å². The molecule has 0 aliphatic carbocycles. The van der Waals surface area contributed by atoms with Crippen molar-refractivity contribution >= 4 is 22.8 Å². The molecule has 0 saturated carbocycles. The van der Waals surface area contributed by atoms with Crippen molar-refractivity contribution < 1.29 is 9.21 Å². The van der Waals surface area contributed by atoms with Crippen LogP contribution in [0.2, 0.25) is 0 Å². The van der Waals surface area contributed by atoms with Gasteiger partial charge < -0.3 is 20.0 Å². The molecule has 1 aromatic heterocycles. The lowest BCUT2D eigenvalue weighted by molar-refractivity contribution is -0.128. The molecule has 142 valence electrons. The normalized spacial score (nSPS) is 12.3. The van der Waals surface area contributed by atoms with E-state index in [-0.39, 0.29) is 5.91 Å². The number of rotatable bonds is 7. The Morgan fingerprint density at radius 1 is 1.19 bits per heavy atom. The van der Waals surface area contributed by atoms with Gasteiger partial charge in [-0.1, -0.05) is 18.2 Å². The number of aliphatic imine (C=N–C) groups is 1. The molecule has 6 heteroatoms. The Morgan fingerprint density at radius 2 is 1.88 bits per heavy atom. The van der Waals surface area contributed by atoms with Crippen LogP contribution in [-0.4, -0.2) is 43.4 Å². The lowest BCUT2D eigenvalue weighted by Crippen LogP contribution is -2.42. The summed E-state index contributed by atoms with van der Waals surface area (Å²) in [5.74, 6) is 1.65.